The minimum atomic E-state index is -5.23. The third-order valence-electron chi connectivity index (χ3n) is 4.79. The molecule has 2 N–H and O–H groups in total. The van der Waals surface area contributed by atoms with Crippen LogP contribution in [0.2, 0.25) is 0 Å². The lowest BCUT2D eigenvalue weighted by Gasteiger charge is -2.14. The Balaban J connectivity index is 1.45. The van der Waals surface area contributed by atoms with Crippen LogP contribution >= 0.6 is 0 Å². The highest BCUT2D eigenvalue weighted by atomic mass is 19.4. The van der Waals surface area contributed by atoms with Gasteiger partial charge in [-0.05, 0) is 42.8 Å². The second kappa shape index (κ2) is 9.22. The Morgan fingerprint density at radius 1 is 1.06 bits per heavy atom. The maximum atomic E-state index is 12.2. The van der Waals surface area contributed by atoms with E-state index in [1.165, 1.54) is 23.7 Å². The fraction of sp³-hybridized carbons (Fsp3) is 0.130. The number of halogens is 3. The van der Waals surface area contributed by atoms with Crippen molar-refractivity contribution in [3.05, 3.63) is 78.0 Å². The zero-order valence-corrected chi connectivity index (χ0v) is 17.6. The topological polar surface area (TPSA) is 106 Å². The van der Waals surface area contributed by atoms with Crippen molar-refractivity contribution in [1.29, 1.82) is 0 Å². The number of nitrogens with one attached hydrogen (secondary N) is 2. The molecule has 0 saturated carbocycles. The van der Waals surface area contributed by atoms with Crippen LogP contribution in [0.25, 0.3) is 22.6 Å². The molecule has 0 aliphatic heterocycles. The number of fused-ring (bicyclic) bond motifs is 1. The summed E-state index contributed by atoms with van der Waals surface area (Å²) in [5.74, 6) is -2.68. The quantitative estimate of drug-likeness (QED) is 0.403. The van der Waals surface area contributed by atoms with Gasteiger partial charge in [0, 0.05) is 17.8 Å². The molecule has 4 rings (SSSR count). The molecule has 0 radical (unpaired) electrons. The lowest BCUT2D eigenvalue weighted by molar-refractivity contribution is -0.204. The van der Waals surface area contributed by atoms with Crippen molar-refractivity contribution < 1.29 is 32.0 Å². The minimum absolute atomic E-state index is 0.0452. The van der Waals surface area contributed by atoms with E-state index in [9.17, 15) is 22.8 Å². The number of hydroxylamine groups is 1. The summed E-state index contributed by atoms with van der Waals surface area (Å²) < 4.78 is 42.2. The number of oxazole rings is 1. The maximum absolute atomic E-state index is 12.2. The maximum Gasteiger partial charge on any atom is 0.493 e. The highest BCUT2D eigenvalue weighted by Gasteiger charge is 2.42. The fourth-order valence-electron chi connectivity index (χ4n) is 3.05. The number of nitrogens with zero attached hydrogens (tertiary/aromatic N) is 2. The second-order valence-corrected chi connectivity index (χ2v) is 7.23. The molecule has 34 heavy (non-hydrogen) atoms. The predicted molar refractivity (Wildman–Crippen MR) is 115 cm³/mol. The first kappa shape index (κ1) is 22.8. The van der Waals surface area contributed by atoms with E-state index in [-0.39, 0.29) is 23.0 Å². The molecule has 0 fully saturated rings. The summed E-state index contributed by atoms with van der Waals surface area (Å²) in [6, 6.07) is 17.5. The first-order chi connectivity index (χ1) is 16.2. The smallest absolute Gasteiger partial charge is 0.436 e. The number of hydrogen-bond acceptors (Lipinski definition) is 7. The van der Waals surface area contributed by atoms with Gasteiger partial charge in [-0.25, -0.2) is 14.8 Å². The van der Waals surface area contributed by atoms with Gasteiger partial charge >= 0.3 is 12.1 Å². The van der Waals surface area contributed by atoms with E-state index in [0.29, 0.717) is 17.0 Å². The molecule has 0 bridgehead atoms. The van der Waals surface area contributed by atoms with Crippen LogP contribution in [0, 0.1) is 0 Å². The van der Waals surface area contributed by atoms with Crippen molar-refractivity contribution in [1.82, 2.24) is 15.4 Å². The Kier molecular flexibility index (Phi) is 6.17. The van der Waals surface area contributed by atoms with Gasteiger partial charge < -0.3 is 14.6 Å². The largest absolute Gasteiger partial charge is 0.493 e. The Morgan fingerprint density at radius 3 is 2.50 bits per heavy atom. The van der Waals surface area contributed by atoms with Crippen LogP contribution in [0.4, 0.5) is 19.0 Å². The van der Waals surface area contributed by atoms with Gasteiger partial charge in [0.1, 0.15) is 11.3 Å². The van der Waals surface area contributed by atoms with Gasteiger partial charge in [-0.1, -0.05) is 30.3 Å². The molecule has 2 aromatic carbocycles. The third-order valence-corrected chi connectivity index (χ3v) is 4.79. The van der Waals surface area contributed by atoms with E-state index in [1.54, 1.807) is 18.3 Å². The summed E-state index contributed by atoms with van der Waals surface area (Å²) in [4.78, 5) is 35.2. The molecule has 0 spiro atoms. The van der Waals surface area contributed by atoms with E-state index in [0.717, 1.165) is 5.56 Å². The van der Waals surface area contributed by atoms with Crippen molar-refractivity contribution >= 4 is 28.8 Å². The molecular weight excluding hydrogens is 453 g/mol. The van der Waals surface area contributed by atoms with Gasteiger partial charge in [0.2, 0.25) is 5.89 Å². The molecular formula is C23H17F3N4O4. The average Bonchev–Trinajstić information content (AvgIpc) is 3.26. The number of carbonyl (C=O) groups excluding carboxylic acids is 2. The van der Waals surface area contributed by atoms with Gasteiger partial charge in [0.05, 0.1) is 5.56 Å². The normalized spacial score (nSPS) is 12.2. The number of hydrogen-bond donors (Lipinski definition) is 2. The van der Waals surface area contributed by atoms with Crippen molar-refractivity contribution in [3.8, 4) is 11.5 Å². The van der Waals surface area contributed by atoms with Crippen molar-refractivity contribution in [2.24, 2.45) is 0 Å². The summed E-state index contributed by atoms with van der Waals surface area (Å²) in [6.45, 7) is 2.02. The first-order valence-corrected chi connectivity index (χ1v) is 9.97. The number of benzene rings is 2. The van der Waals surface area contributed by atoms with Crippen molar-refractivity contribution in [2.75, 3.05) is 5.32 Å². The number of pyridine rings is 1. The van der Waals surface area contributed by atoms with Gasteiger partial charge in [0.25, 0.3) is 5.91 Å². The van der Waals surface area contributed by atoms with Gasteiger partial charge in [-0.2, -0.15) is 18.7 Å². The standard InChI is InChI=1S/C23H17F3N4O4/c1-13(14-5-3-2-4-6-14)28-19-10-8-16(12-27-19)21-29-17-11-15(7-9-18(17)33-21)20(31)30-34-22(32)23(24,25)26/h2-13H,1H3,(H,27,28)(H,30,31). The number of rotatable bonds is 5. The zero-order valence-electron chi connectivity index (χ0n) is 17.6. The molecule has 2 heterocycles. The van der Waals surface area contributed by atoms with Crippen molar-refractivity contribution in [2.45, 2.75) is 19.1 Å². The summed E-state index contributed by atoms with van der Waals surface area (Å²) in [5, 5.41) is 3.30. The van der Waals surface area contributed by atoms with Crippen LogP contribution in [-0.2, 0) is 9.63 Å². The Bertz CT molecular complexity index is 1320. The van der Waals surface area contributed by atoms with Crippen LogP contribution in [-0.4, -0.2) is 28.0 Å². The van der Waals surface area contributed by atoms with E-state index in [4.69, 9.17) is 4.42 Å². The molecule has 0 saturated heterocycles. The molecule has 2 aromatic heterocycles. The average molecular weight is 470 g/mol. The Hall–Kier alpha value is -4.41. The van der Waals surface area contributed by atoms with Crippen LogP contribution in [0.5, 0.6) is 0 Å². The molecule has 174 valence electrons. The Labute approximate surface area is 190 Å². The van der Waals surface area contributed by atoms with Crippen LogP contribution < -0.4 is 10.8 Å². The lowest BCUT2D eigenvalue weighted by Crippen LogP contribution is -2.34. The zero-order chi connectivity index (χ0) is 24.3. The second-order valence-electron chi connectivity index (χ2n) is 7.23. The first-order valence-electron chi connectivity index (χ1n) is 9.97. The minimum Gasteiger partial charge on any atom is -0.436 e. The van der Waals surface area contributed by atoms with E-state index < -0.39 is 18.1 Å². The number of aromatic nitrogens is 2. The SMILES string of the molecule is CC(Nc1ccc(-c2nc3cc(C(=O)NOC(=O)C(F)(F)F)ccc3o2)cn1)c1ccccc1. The van der Waals surface area contributed by atoms with E-state index in [2.05, 4.69) is 20.1 Å². The number of alkyl halides is 3. The highest BCUT2D eigenvalue weighted by molar-refractivity contribution is 5.97. The summed E-state index contributed by atoms with van der Waals surface area (Å²) in [5.41, 5.74) is 3.71. The summed E-state index contributed by atoms with van der Waals surface area (Å²) >= 11 is 0. The molecule has 0 aliphatic carbocycles. The summed E-state index contributed by atoms with van der Waals surface area (Å²) in [7, 11) is 0. The van der Waals surface area contributed by atoms with E-state index in [1.807, 2.05) is 37.3 Å². The Morgan fingerprint density at radius 2 is 1.82 bits per heavy atom. The fourth-order valence-corrected chi connectivity index (χ4v) is 3.05. The van der Waals surface area contributed by atoms with Crippen molar-refractivity contribution in [3.63, 3.8) is 0 Å². The molecule has 0 aliphatic rings. The molecule has 1 amide bonds. The van der Waals surface area contributed by atoms with Crippen LogP contribution in [0.15, 0.2) is 71.3 Å². The van der Waals surface area contributed by atoms with Gasteiger partial charge in [0.15, 0.2) is 5.58 Å². The van der Waals surface area contributed by atoms with Crippen LogP contribution in [0.3, 0.4) is 0 Å². The third kappa shape index (κ3) is 5.14. The van der Waals surface area contributed by atoms with E-state index >= 15 is 0 Å². The monoisotopic (exact) mass is 470 g/mol. The molecule has 1 atom stereocenters. The predicted octanol–water partition coefficient (Wildman–Crippen LogP) is 4.81. The summed E-state index contributed by atoms with van der Waals surface area (Å²) in [6.07, 6.45) is -3.65. The molecule has 11 heteroatoms. The van der Waals surface area contributed by atoms with Gasteiger partial charge in [-0.15, -0.1) is 0 Å². The van der Waals surface area contributed by atoms with Gasteiger partial charge in [-0.3, -0.25) is 4.79 Å². The number of anilines is 1. The number of amides is 1. The van der Waals surface area contributed by atoms with Crippen LogP contribution in [0.1, 0.15) is 28.9 Å². The molecule has 8 nitrogen and oxygen atoms in total. The highest BCUT2D eigenvalue weighted by Crippen LogP contribution is 2.26. The molecule has 1 unspecified atom stereocenters. The lowest BCUT2D eigenvalue weighted by atomic mass is 10.1. The molecule has 4 aromatic rings. The number of carbonyl (C=O) groups is 2.